The van der Waals surface area contributed by atoms with Crippen molar-refractivity contribution in [3.8, 4) is 0 Å². The summed E-state index contributed by atoms with van der Waals surface area (Å²) >= 11 is 0. The molecule has 0 aromatic carbocycles. The maximum atomic E-state index is 14.1. The number of rotatable bonds is 6. The van der Waals surface area contributed by atoms with Crippen molar-refractivity contribution in [1.29, 1.82) is 0 Å². The molecule has 12 heteroatoms. The zero-order valence-corrected chi connectivity index (χ0v) is 19.9. The lowest BCUT2D eigenvalue weighted by Crippen LogP contribution is -2.61. The summed E-state index contributed by atoms with van der Waals surface area (Å²) in [6, 6.07) is 0. The van der Waals surface area contributed by atoms with E-state index in [1.807, 2.05) is 0 Å². The van der Waals surface area contributed by atoms with E-state index in [0.717, 1.165) is 32.1 Å². The van der Waals surface area contributed by atoms with E-state index in [2.05, 4.69) is 0 Å². The van der Waals surface area contributed by atoms with Gasteiger partial charge in [-0.2, -0.15) is 39.5 Å². The van der Waals surface area contributed by atoms with Crippen LogP contribution in [0.25, 0.3) is 0 Å². The molecular weight excluding hydrogens is 495 g/mol. The van der Waals surface area contributed by atoms with Crippen LogP contribution < -0.4 is 0 Å². The molecule has 0 aromatic heterocycles. The molecule has 0 saturated heterocycles. The Bertz CT molecular complexity index is 773. The molecule has 204 valence electrons. The fourth-order valence-electron chi connectivity index (χ4n) is 7.11. The van der Waals surface area contributed by atoms with Gasteiger partial charge in [-0.15, -0.1) is 0 Å². The Hall–Kier alpha value is -1.20. The smallest absolute Gasteiger partial charge is 0.426 e. The third kappa shape index (κ3) is 4.65. The Balaban J connectivity index is 1.89. The molecule has 0 heterocycles. The number of alkyl halides is 9. The zero-order valence-electron chi connectivity index (χ0n) is 19.9. The summed E-state index contributed by atoms with van der Waals surface area (Å²) in [6.07, 6.45) is -16.0. The SMILES string of the molecule is CC(CC(O)(C(F)(F)F)C(F)(F)F)C(C)(C(=O)OC(C)(C)C1C2CC3CC(C2)CC1C3)C(F)(F)F. The second-order valence-electron chi connectivity index (χ2n) is 11.6. The lowest BCUT2D eigenvalue weighted by molar-refractivity contribution is -0.376. The predicted molar refractivity (Wildman–Crippen MR) is 106 cm³/mol. The highest BCUT2D eigenvalue weighted by Crippen LogP contribution is 2.60. The molecule has 4 aliphatic carbocycles. The first-order valence-corrected chi connectivity index (χ1v) is 11.7. The lowest BCUT2D eigenvalue weighted by atomic mass is 9.49. The molecule has 4 bridgehead atoms. The van der Waals surface area contributed by atoms with Gasteiger partial charge in [0.1, 0.15) is 5.60 Å². The molecule has 35 heavy (non-hydrogen) atoms. The molecule has 4 saturated carbocycles. The normalized spacial score (nSPS) is 32.3. The highest BCUT2D eigenvalue weighted by Gasteiger charge is 2.73. The van der Waals surface area contributed by atoms with Gasteiger partial charge in [-0.05, 0) is 88.9 Å². The molecule has 4 fully saturated rings. The van der Waals surface area contributed by atoms with Crippen molar-refractivity contribution in [2.45, 2.75) is 96.0 Å². The Morgan fingerprint density at radius 3 is 1.54 bits per heavy atom. The molecule has 1 N–H and O–H groups in total. The summed E-state index contributed by atoms with van der Waals surface area (Å²) in [6.45, 7) is 3.59. The van der Waals surface area contributed by atoms with Crippen LogP contribution in [0.2, 0.25) is 0 Å². The van der Waals surface area contributed by atoms with Gasteiger partial charge in [0, 0.05) is 5.92 Å². The quantitative estimate of drug-likeness (QED) is 0.305. The minimum Gasteiger partial charge on any atom is -0.459 e. The van der Waals surface area contributed by atoms with E-state index >= 15 is 0 Å². The highest BCUT2D eigenvalue weighted by atomic mass is 19.4. The molecule has 0 radical (unpaired) electrons. The average molecular weight is 526 g/mol. The molecule has 0 aliphatic heterocycles. The first-order valence-electron chi connectivity index (χ1n) is 11.7. The van der Waals surface area contributed by atoms with E-state index in [0.29, 0.717) is 18.8 Å². The van der Waals surface area contributed by atoms with Crippen molar-refractivity contribution in [3.63, 3.8) is 0 Å². The fourth-order valence-corrected chi connectivity index (χ4v) is 7.11. The molecule has 3 nitrogen and oxygen atoms in total. The van der Waals surface area contributed by atoms with Crippen LogP contribution in [0, 0.1) is 40.9 Å². The van der Waals surface area contributed by atoms with Crippen LogP contribution in [-0.2, 0) is 9.53 Å². The van der Waals surface area contributed by atoms with E-state index in [1.54, 1.807) is 0 Å². The van der Waals surface area contributed by atoms with Crippen LogP contribution in [0.3, 0.4) is 0 Å². The molecule has 4 aliphatic rings. The van der Waals surface area contributed by atoms with Crippen molar-refractivity contribution < 1.29 is 54.2 Å². The molecular formula is C23H31F9O3. The number of carbonyl (C=O) groups is 1. The first kappa shape index (κ1) is 28.4. The Morgan fingerprint density at radius 1 is 0.800 bits per heavy atom. The van der Waals surface area contributed by atoms with Crippen molar-refractivity contribution in [1.82, 2.24) is 0 Å². The van der Waals surface area contributed by atoms with Crippen LogP contribution in [-0.4, -0.2) is 40.8 Å². The van der Waals surface area contributed by atoms with Crippen molar-refractivity contribution >= 4 is 5.97 Å². The number of carbonyl (C=O) groups excluding carboxylic acids is 1. The topological polar surface area (TPSA) is 46.5 Å². The second-order valence-corrected chi connectivity index (χ2v) is 11.6. The number of halogens is 9. The van der Waals surface area contributed by atoms with Gasteiger partial charge < -0.3 is 9.84 Å². The van der Waals surface area contributed by atoms with Crippen LogP contribution in [0.4, 0.5) is 39.5 Å². The monoisotopic (exact) mass is 526 g/mol. The van der Waals surface area contributed by atoms with E-state index in [9.17, 15) is 49.4 Å². The summed E-state index contributed by atoms with van der Waals surface area (Å²) in [7, 11) is 0. The van der Waals surface area contributed by atoms with Crippen LogP contribution >= 0.6 is 0 Å². The molecule has 0 amide bonds. The van der Waals surface area contributed by atoms with Crippen LogP contribution in [0.15, 0.2) is 0 Å². The van der Waals surface area contributed by atoms with Crippen LogP contribution in [0.5, 0.6) is 0 Å². The minimum absolute atomic E-state index is 0.129. The van der Waals surface area contributed by atoms with E-state index in [-0.39, 0.29) is 24.7 Å². The second kappa shape index (κ2) is 8.41. The van der Waals surface area contributed by atoms with Gasteiger partial charge in [-0.1, -0.05) is 6.92 Å². The fraction of sp³-hybridized carbons (Fsp3) is 0.957. The molecule has 4 rings (SSSR count). The van der Waals surface area contributed by atoms with Gasteiger partial charge in [0.25, 0.3) is 5.60 Å². The molecule has 0 aromatic rings. The third-order valence-corrected chi connectivity index (χ3v) is 8.92. The van der Waals surface area contributed by atoms with Crippen molar-refractivity contribution in [2.24, 2.45) is 40.9 Å². The van der Waals surface area contributed by atoms with E-state index in [1.165, 1.54) is 13.8 Å². The average Bonchev–Trinajstić information content (AvgIpc) is 2.62. The highest BCUT2D eigenvalue weighted by molar-refractivity contribution is 5.78. The molecule has 0 spiro atoms. The van der Waals surface area contributed by atoms with Gasteiger partial charge in [0.2, 0.25) is 0 Å². The van der Waals surface area contributed by atoms with Crippen molar-refractivity contribution in [2.75, 3.05) is 0 Å². The standard InChI is InChI=1S/C23H31F9O3/c1-11(10-20(34,22(27,28)29)23(30,31)32)19(4,21(24,25)26)17(33)35-18(2,3)16-14-6-12-5-13(8-14)9-15(16)7-12/h11-16,34H,5-10H2,1-4H3. The number of aliphatic hydroxyl groups is 1. The maximum Gasteiger partial charge on any atom is 0.426 e. The van der Waals surface area contributed by atoms with Gasteiger partial charge >= 0.3 is 24.5 Å². The molecule has 2 atom stereocenters. The lowest BCUT2D eigenvalue weighted by Gasteiger charge is -2.58. The van der Waals surface area contributed by atoms with Crippen LogP contribution in [0.1, 0.15) is 66.2 Å². The Labute approximate surface area is 197 Å². The van der Waals surface area contributed by atoms with Gasteiger partial charge in [-0.3, -0.25) is 4.79 Å². The zero-order chi connectivity index (χ0) is 27.0. The first-order chi connectivity index (χ1) is 15.5. The summed E-state index contributed by atoms with van der Waals surface area (Å²) in [4.78, 5) is 13.0. The summed E-state index contributed by atoms with van der Waals surface area (Å²) in [5.41, 5.74) is -10.6. The summed E-state index contributed by atoms with van der Waals surface area (Å²) in [5.74, 6) is -3.52. The third-order valence-electron chi connectivity index (χ3n) is 8.92. The van der Waals surface area contributed by atoms with Crippen molar-refractivity contribution in [3.05, 3.63) is 0 Å². The maximum absolute atomic E-state index is 14.1. The number of hydrogen-bond acceptors (Lipinski definition) is 3. The van der Waals surface area contributed by atoms with Gasteiger partial charge in [0.05, 0.1) is 0 Å². The van der Waals surface area contributed by atoms with E-state index < -0.39 is 53.5 Å². The Morgan fingerprint density at radius 2 is 1.20 bits per heavy atom. The molecule has 2 unspecified atom stereocenters. The van der Waals surface area contributed by atoms with E-state index in [4.69, 9.17) is 4.74 Å². The van der Waals surface area contributed by atoms with Gasteiger partial charge in [-0.25, -0.2) is 0 Å². The predicted octanol–water partition coefficient (Wildman–Crippen LogP) is 6.83. The van der Waals surface area contributed by atoms with Gasteiger partial charge in [0.15, 0.2) is 5.41 Å². The number of hydrogen-bond donors (Lipinski definition) is 1. The largest absolute Gasteiger partial charge is 0.459 e. The Kier molecular flexibility index (Phi) is 6.82. The number of esters is 1. The number of ether oxygens (including phenoxy) is 1. The summed E-state index contributed by atoms with van der Waals surface area (Å²) < 4.78 is 127. The summed E-state index contributed by atoms with van der Waals surface area (Å²) in [5, 5.41) is 9.47. The minimum atomic E-state index is -6.31.